The van der Waals surface area contributed by atoms with Crippen molar-refractivity contribution in [2.24, 2.45) is 0 Å². The average molecular weight is 412 g/mol. The first-order valence-corrected chi connectivity index (χ1v) is 9.60. The third-order valence-corrected chi connectivity index (χ3v) is 5.14. The number of thioether (sulfide) groups is 1. The molecular weight excluding hydrogens is 393 g/mol. The van der Waals surface area contributed by atoms with Crippen LogP contribution < -0.4 is 15.0 Å². The van der Waals surface area contributed by atoms with Crippen LogP contribution in [0.2, 0.25) is 0 Å². The minimum atomic E-state index is -4.51. The fraction of sp³-hybridized carbons (Fsp3) is 0.389. The summed E-state index contributed by atoms with van der Waals surface area (Å²) in [6.45, 7) is 1.88. The molecule has 6 nitrogen and oxygen atoms in total. The fourth-order valence-electron chi connectivity index (χ4n) is 2.84. The normalized spacial score (nSPS) is 14.2. The van der Waals surface area contributed by atoms with Gasteiger partial charge in [-0.05, 0) is 31.0 Å². The lowest BCUT2D eigenvalue weighted by molar-refractivity contribution is -0.137. The molecule has 0 atom stereocenters. The third kappa shape index (κ3) is 5.06. The summed E-state index contributed by atoms with van der Waals surface area (Å²) in [5.74, 6) is 0.513. The van der Waals surface area contributed by atoms with Gasteiger partial charge < -0.3 is 15.0 Å². The van der Waals surface area contributed by atoms with E-state index in [1.807, 2.05) is 6.07 Å². The zero-order chi connectivity index (χ0) is 20.1. The van der Waals surface area contributed by atoms with Gasteiger partial charge in [0.2, 0.25) is 5.91 Å². The van der Waals surface area contributed by atoms with Crippen LogP contribution in [0.4, 0.5) is 24.7 Å². The number of benzene rings is 1. The van der Waals surface area contributed by atoms with Crippen molar-refractivity contribution in [1.29, 1.82) is 0 Å². The SMILES string of the molecule is COc1ccc(C(F)(F)F)cc1NC(=O)CSc1cc(N2CCCC2)ncn1. The van der Waals surface area contributed by atoms with Crippen molar-refractivity contribution >= 4 is 29.2 Å². The van der Waals surface area contributed by atoms with Crippen molar-refractivity contribution < 1.29 is 22.7 Å². The Bertz CT molecular complexity index is 842. The zero-order valence-electron chi connectivity index (χ0n) is 15.1. The molecule has 150 valence electrons. The first-order chi connectivity index (χ1) is 13.4. The number of aromatic nitrogens is 2. The molecular formula is C18H19F3N4O2S. The van der Waals surface area contributed by atoms with Gasteiger partial charge in [0.1, 0.15) is 22.9 Å². The van der Waals surface area contributed by atoms with E-state index in [0.29, 0.717) is 5.03 Å². The quantitative estimate of drug-likeness (QED) is 0.575. The summed E-state index contributed by atoms with van der Waals surface area (Å²) in [7, 11) is 1.33. The van der Waals surface area contributed by atoms with Gasteiger partial charge in [0.15, 0.2) is 0 Å². The van der Waals surface area contributed by atoms with E-state index in [-0.39, 0.29) is 17.2 Å². The van der Waals surface area contributed by atoms with Gasteiger partial charge in [0.05, 0.1) is 24.1 Å². The number of alkyl halides is 3. The molecule has 1 aromatic heterocycles. The summed E-state index contributed by atoms with van der Waals surface area (Å²) in [6.07, 6.45) is -0.821. The van der Waals surface area contributed by atoms with Gasteiger partial charge in [-0.2, -0.15) is 13.2 Å². The van der Waals surface area contributed by atoms with Crippen LogP contribution in [0.5, 0.6) is 5.75 Å². The van der Waals surface area contributed by atoms with E-state index < -0.39 is 17.6 Å². The number of nitrogens with zero attached hydrogens (tertiary/aromatic N) is 3. The lowest BCUT2D eigenvalue weighted by atomic mass is 10.2. The summed E-state index contributed by atoms with van der Waals surface area (Å²) >= 11 is 1.19. The number of anilines is 2. The molecule has 28 heavy (non-hydrogen) atoms. The fourth-order valence-corrected chi connectivity index (χ4v) is 3.50. The Labute approximate surface area is 164 Å². The van der Waals surface area contributed by atoms with Crippen LogP contribution in [0.1, 0.15) is 18.4 Å². The second-order valence-electron chi connectivity index (χ2n) is 6.16. The Kier molecular flexibility index (Phi) is 6.28. The van der Waals surface area contributed by atoms with Gasteiger partial charge in [-0.25, -0.2) is 9.97 Å². The number of carbonyl (C=O) groups excluding carboxylic acids is 1. The Morgan fingerprint density at radius 3 is 2.68 bits per heavy atom. The maximum absolute atomic E-state index is 12.9. The van der Waals surface area contributed by atoms with Crippen LogP contribution in [0.3, 0.4) is 0 Å². The lowest BCUT2D eigenvalue weighted by Gasteiger charge is -2.16. The number of ether oxygens (including phenoxy) is 1. The van der Waals surface area contributed by atoms with E-state index in [1.165, 1.54) is 31.3 Å². The Morgan fingerprint density at radius 1 is 1.25 bits per heavy atom. The first kappa shape index (κ1) is 20.2. The van der Waals surface area contributed by atoms with Gasteiger partial charge in [0.25, 0.3) is 0 Å². The number of methoxy groups -OCH3 is 1. The molecule has 0 bridgehead atoms. The van der Waals surface area contributed by atoms with Crippen molar-refractivity contribution in [3.63, 3.8) is 0 Å². The van der Waals surface area contributed by atoms with Crippen LogP contribution in [0.25, 0.3) is 0 Å². The molecule has 1 fully saturated rings. The Balaban J connectivity index is 1.64. The van der Waals surface area contributed by atoms with Gasteiger partial charge in [-0.15, -0.1) is 0 Å². The molecule has 0 radical (unpaired) electrons. The largest absolute Gasteiger partial charge is 0.495 e. The lowest BCUT2D eigenvalue weighted by Crippen LogP contribution is -2.19. The Morgan fingerprint density at radius 2 is 2.00 bits per heavy atom. The maximum atomic E-state index is 12.9. The number of amides is 1. The molecule has 2 heterocycles. The van der Waals surface area contributed by atoms with Gasteiger partial charge in [-0.3, -0.25) is 4.79 Å². The molecule has 1 saturated heterocycles. The predicted octanol–water partition coefficient (Wildman–Crippen LogP) is 3.84. The minimum absolute atomic E-state index is 0.00411. The van der Waals surface area contributed by atoms with Crippen molar-refractivity contribution in [1.82, 2.24) is 9.97 Å². The minimum Gasteiger partial charge on any atom is -0.495 e. The summed E-state index contributed by atoms with van der Waals surface area (Å²) in [6, 6.07) is 4.76. The van der Waals surface area contributed by atoms with Crippen LogP contribution >= 0.6 is 11.8 Å². The van der Waals surface area contributed by atoms with Gasteiger partial charge in [0, 0.05) is 19.2 Å². The van der Waals surface area contributed by atoms with Crippen molar-refractivity contribution in [3.8, 4) is 5.75 Å². The van der Waals surface area contributed by atoms with E-state index in [1.54, 1.807) is 0 Å². The van der Waals surface area contributed by atoms with E-state index >= 15 is 0 Å². The second-order valence-corrected chi connectivity index (χ2v) is 7.15. The van der Waals surface area contributed by atoms with E-state index in [4.69, 9.17) is 4.74 Å². The average Bonchev–Trinajstić information content (AvgIpc) is 3.21. The smallest absolute Gasteiger partial charge is 0.416 e. The number of nitrogens with one attached hydrogen (secondary N) is 1. The number of carbonyl (C=O) groups is 1. The maximum Gasteiger partial charge on any atom is 0.416 e. The number of hydrogen-bond donors (Lipinski definition) is 1. The third-order valence-electron chi connectivity index (χ3n) is 4.21. The van der Waals surface area contributed by atoms with Crippen molar-refractivity contribution in [2.45, 2.75) is 24.0 Å². The number of halogens is 3. The monoisotopic (exact) mass is 412 g/mol. The van der Waals surface area contributed by atoms with Crippen LogP contribution in [0.15, 0.2) is 35.6 Å². The number of rotatable bonds is 6. The molecule has 10 heteroatoms. The highest BCUT2D eigenvalue weighted by Crippen LogP contribution is 2.35. The van der Waals surface area contributed by atoms with Crippen molar-refractivity contribution in [2.75, 3.05) is 36.2 Å². The topological polar surface area (TPSA) is 67.3 Å². The molecule has 0 unspecified atom stereocenters. The highest BCUT2D eigenvalue weighted by molar-refractivity contribution is 7.99. The second kappa shape index (κ2) is 8.68. The molecule has 1 N–H and O–H groups in total. The molecule has 0 saturated carbocycles. The first-order valence-electron chi connectivity index (χ1n) is 8.61. The standard InChI is InChI=1S/C18H19F3N4O2S/c1-27-14-5-4-12(18(19,20)21)8-13(14)24-16(26)10-28-17-9-15(22-11-23-17)25-6-2-3-7-25/h4-5,8-9,11H,2-3,6-7,10H2,1H3,(H,24,26). The zero-order valence-corrected chi connectivity index (χ0v) is 15.9. The van der Waals surface area contributed by atoms with Gasteiger partial charge in [-0.1, -0.05) is 11.8 Å². The number of hydrogen-bond acceptors (Lipinski definition) is 6. The van der Waals surface area contributed by atoms with Gasteiger partial charge >= 0.3 is 6.18 Å². The van der Waals surface area contributed by atoms with Crippen LogP contribution in [-0.2, 0) is 11.0 Å². The predicted molar refractivity (Wildman–Crippen MR) is 101 cm³/mol. The highest BCUT2D eigenvalue weighted by Gasteiger charge is 2.31. The molecule has 3 rings (SSSR count). The Hall–Kier alpha value is -2.49. The van der Waals surface area contributed by atoms with E-state index in [2.05, 4.69) is 20.2 Å². The molecule has 1 aromatic carbocycles. The molecule has 1 amide bonds. The molecule has 0 spiro atoms. The highest BCUT2D eigenvalue weighted by atomic mass is 32.2. The molecule has 2 aromatic rings. The summed E-state index contributed by atoms with van der Waals surface area (Å²) in [4.78, 5) is 22.8. The molecule has 1 aliphatic rings. The van der Waals surface area contributed by atoms with Crippen LogP contribution in [0, 0.1) is 0 Å². The molecule has 1 aliphatic heterocycles. The summed E-state index contributed by atoms with van der Waals surface area (Å²) in [5.41, 5.74) is -0.884. The van der Waals surface area contributed by atoms with E-state index in [0.717, 1.165) is 43.9 Å². The summed E-state index contributed by atoms with van der Waals surface area (Å²) < 4.78 is 43.7. The van der Waals surface area contributed by atoms with Crippen LogP contribution in [-0.4, -0.2) is 41.8 Å². The van der Waals surface area contributed by atoms with E-state index in [9.17, 15) is 18.0 Å². The summed E-state index contributed by atoms with van der Waals surface area (Å²) in [5, 5.41) is 3.10. The molecule has 0 aliphatic carbocycles. The van der Waals surface area contributed by atoms with Crippen molar-refractivity contribution in [3.05, 3.63) is 36.2 Å².